The van der Waals surface area contributed by atoms with Crippen LogP contribution >= 0.6 is 0 Å². The van der Waals surface area contributed by atoms with Crippen molar-refractivity contribution in [3.05, 3.63) is 29.8 Å². The van der Waals surface area contributed by atoms with Crippen LogP contribution in [0.1, 0.15) is 40.2 Å². The lowest BCUT2D eigenvalue weighted by atomic mass is 10.1. The van der Waals surface area contributed by atoms with Crippen LogP contribution in [0.15, 0.2) is 24.3 Å². The Morgan fingerprint density at radius 3 is 2.13 bits per heavy atom. The molecule has 0 heterocycles. The second kappa shape index (κ2) is 7.35. The number of hydrogen-bond donors (Lipinski definition) is 2. The van der Waals surface area contributed by atoms with Gasteiger partial charge < -0.3 is 19.9 Å². The zero-order chi connectivity index (χ0) is 17.7. The first kappa shape index (κ1) is 18.8. The maximum absolute atomic E-state index is 11.5. The number of alkyl carbamates (subject to hydrolysis) is 1. The Kier molecular flexibility index (Phi) is 6.01. The van der Waals surface area contributed by atoms with Crippen molar-refractivity contribution in [2.24, 2.45) is 0 Å². The first-order valence-electron chi connectivity index (χ1n) is 7.48. The van der Waals surface area contributed by atoms with Crippen LogP contribution in [-0.4, -0.2) is 34.9 Å². The molecule has 23 heavy (non-hydrogen) atoms. The molecular formula is C17H25NO5. The molecule has 0 unspecified atom stereocenters. The average molecular weight is 323 g/mol. The molecule has 1 aromatic rings. The molecule has 0 fully saturated rings. The molecule has 0 atom stereocenters. The summed E-state index contributed by atoms with van der Waals surface area (Å²) in [7, 11) is 0. The van der Waals surface area contributed by atoms with Gasteiger partial charge in [0.25, 0.3) is 0 Å². The number of nitrogens with one attached hydrogen (secondary N) is 1. The third-order valence-electron chi connectivity index (χ3n) is 2.89. The number of rotatable bonds is 6. The summed E-state index contributed by atoms with van der Waals surface area (Å²) in [4.78, 5) is 22.5. The monoisotopic (exact) mass is 323 g/mol. The highest BCUT2D eigenvalue weighted by Gasteiger charge is 2.29. The fourth-order valence-corrected chi connectivity index (χ4v) is 1.69. The molecule has 6 heteroatoms. The second-order valence-electron chi connectivity index (χ2n) is 6.74. The summed E-state index contributed by atoms with van der Waals surface area (Å²) in [5.41, 5.74) is -0.790. The number of benzene rings is 1. The largest absolute Gasteiger partial charge is 0.478 e. The molecule has 1 rings (SSSR count). The number of ether oxygens (including phenoxy) is 2. The molecule has 128 valence electrons. The molecule has 1 amide bonds. The van der Waals surface area contributed by atoms with Crippen LogP contribution in [0, 0.1) is 0 Å². The molecule has 0 aliphatic heterocycles. The van der Waals surface area contributed by atoms with Gasteiger partial charge in [-0.05, 0) is 58.7 Å². The van der Waals surface area contributed by atoms with Crippen molar-refractivity contribution in [2.45, 2.75) is 52.2 Å². The molecule has 0 saturated heterocycles. The van der Waals surface area contributed by atoms with Crippen LogP contribution in [0.4, 0.5) is 4.79 Å². The number of amides is 1. The van der Waals surface area contributed by atoms with E-state index in [4.69, 9.17) is 14.6 Å². The van der Waals surface area contributed by atoms with E-state index in [9.17, 15) is 9.59 Å². The van der Waals surface area contributed by atoms with E-state index in [0.29, 0.717) is 18.7 Å². The summed E-state index contributed by atoms with van der Waals surface area (Å²) in [6.07, 6.45) is 0.197. The summed E-state index contributed by atoms with van der Waals surface area (Å²) in [6, 6.07) is 7.11. The van der Waals surface area contributed by atoms with Gasteiger partial charge in [0, 0.05) is 6.54 Å². The number of carboxylic acids is 1. The van der Waals surface area contributed by atoms with Crippen LogP contribution in [-0.2, 0) is 16.0 Å². The van der Waals surface area contributed by atoms with Crippen molar-refractivity contribution in [1.82, 2.24) is 5.32 Å². The summed E-state index contributed by atoms with van der Waals surface area (Å²) in [5, 5.41) is 11.7. The Bertz CT molecular complexity index is 543. The Hall–Kier alpha value is -2.24. The maximum Gasteiger partial charge on any atom is 0.407 e. The normalized spacial score (nSPS) is 11.7. The molecule has 0 bridgehead atoms. The fraction of sp³-hybridized carbons (Fsp3) is 0.529. The van der Waals surface area contributed by atoms with Crippen molar-refractivity contribution in [3.8, 4) is 5.75 Å². The van der Waals surface area contributed by atoms with Gasteiger partial charge >= 0.3 is 12.1 Å². The van der Waals surface area contributed by atoms with E-state index in [1.807, 2.05) is 32.9 Å². The maximum atomic E-state index is 11.5. The van der Waals surface area contributed by atoms with Gasteiger partial charge in [-0.15, -0.1) is 0 Å². The number of carboxylic acid groups (broad SMARTS) is 1. The Morgan fingerprint density at radius 1 is 1.09 bits per heavy atom. The van der Waals surface area contributed by atoms with Gasteiger partial charge in [-0.1, -0.05) is 12.1 Å². The lowest BCUT2D eigenvalue weighted by Crippen LogP contribution is -2.37. The van der Waals surface area contributed by atoms with Crippen LogP contribution in [0.25, 0.3) is 0 Å². The van der Waals surface area contributed by atoms with E-state index in [1.165, 1.54) is 13.8 Å². The van der Waals surface area contributed by atoms with E-state index >= 15 is 0 Å². The summed E-state index contributed by atoms with van der Waals surface area (Å²) in [6.45, 7) is 8.87. The third-order valence-corrected chi connectivity index (χ3v) is 2.89. The van der Waals surface area contributed by atoms with Gasteiger partial charge in [0.05, 0.1) is 0 Å². The van der Waals surface area contributed by atoms with Crippen molar-refractivity contribution >= 4 is 12.1 Å². The van der Waals surface area contributed by atoms with Crippen molar-refractivity contribution in [2.75, 3.05) is 6.54 Å². The molecule has 2 N–H and O–H groups in total. The van der Waals surface area contributed by atoms with E-state index in [0.717, 1.165) is 5.56 Å². The highest BCUT2D eigenvalue weighted by Crippen LogP contribution is 2.19. The molecule has 0 saturated carbocycles. The van der Waals surface area contributed by atoms with E-state index in [2.05, 4.69) is 5.32 Å². The summed E-state index contributed by atoms with van der Waals surface area (Å²) in [5.74, 6) is -0.538. The van der Waals surface area contributed by atoms with E-state index < -0.39 is 23.3 Å². The third kappa shape index (κ3) is 7.04. The van der Waals surface area contributed by atoms with Crippen molar-refractivity contribution < 1.29 is 24.2 Å². The average Bonchev–Trinajstić information content (AvgIpc) is 2.38. The number of carbonyl (C=O) groups excluding carboxylic acids is 1. The molecule has 0 aliphatic carbocycles. The number of hydrogen-bond acceptors (Lipinski definition) is 4. The number of aliphatic carboxylic acids is 1. The van der Waals surface area contributed by atoms with E-state index in [-0.39, 0.29) is 0 Å². The highest BCUT2D eigenvalue weighted by molar-refractivity contribution is 5.76. The molecule has 6 nitrogen and oxygen atoms in total. The smallest absolute Gasteiger partial charge is 0.407 e. The topological polar surface area (TPSA) is 84.9 Å². The molecule has 1 aromatic carbocycles. The van der Waals surface area contributed by atoms with Crippen LogP contribution in [0.2, 0.25) is 0 Å². The predicted molar refractivity (Wildman–Crippen MR) is 86.7 cm³/mol. The van der Waals surface area contributed by atoms with Gasteiger partial charge in [0.2, 0.25) is 0 Å². The lowest BCUT2D eigenvalue weighted by Gasteiger charge is -2.21. The van der Waals surface area contributed by atoms with Gasteiger partial charge in [0.1, 0.15) is 11.4 Å². The quantitative estimate of drug-likeness (QED) is 0.840. The summed E-state index contributed by atoms with van der Waals surface area (Å²) < 4.78 is 10.6. The fourth-order valence-electron chi connectivity index (χ4n) is 1.69. The van der Waals surface area contributed by atoms with Crippen molar-refractivity contribution in [3.63, 3.8) is 0 Å². The zero-order valence-corrected chi connectivity index (χ0v) is 14.3. The minimum atomic E-state index is -1.28. The highest BCUT2D eigenvalue weighted by atomic mass is 16.6. The molecular weight excluding hydrogens is 298 g/mol. The van der Waals surface area contributed by atoms with Gasteiger partial charge in [-0.2, -0.15) is 0 Å². The predicted octanol–water partition coefficient (Wildman–Crippen LogP) is 3.00. The molecule has 0 aliphatic rings. The van der Waals surface area contributed by atoms with E-state index in [1.54, 1.807) is 12.1 Å². The Morgan fingerprint density at radius 2 is 1.65 bits per heavy atom. The first-order chi connectivity index (χ1) is 10.5. The Balaban J connectivity index is 2.46. The summed E-state index contributed by atoms with van der Waals surface area (Å²) >= 11 is 0. The second-order valence-corrected chi connectivity index (χ2v) is 6.74. The van der Waals surface area contributed by atoms with Crippen molar-refractivity contribution in [1.29, 1.82) is 0 Å². The Labute approximate surface area is 136 Å². The molecule has 0 radical (unpaired) electrons. The van der Waals surface area contributed by atoms with Gasteiger partial charge in [-0.3, -0.25) is 0 Å². The van der Waals surface area contributed by atoms with Crippen LogP contribution < -0.4 is 10.1 Å². The number of carbonyl (C=O) groups is 2. The lowest BCUT2D eigenvalue weighted by molar-refractivity contribution is -0.152. The van der Waals surface area contributed by atoms with Crippen LogP contribution in [0.3, 0.4) is 0 Å². The zero-order valence-electron chi connectivity index (χ0n) is 14.3. The molecule has 0 spiro atoms. The van der Waals surface area contributed by atoms with Gasteiger partial charge in [0.15, 0.2) is 5.60 Å². The molecule has 0 aromatic heterocycles. The SMILES string of the molecule is CC(C)(C)OC(=O)NCCc1ccc(OC(C)(C)C(=O)O)cc1. The van der Waals surface area contributed by atoms with Crippen LogP contribution in [0.5, 0.6) is 5.75 Å². The minimum absolute atomic E-state index is 0.444. The first-order valence-corrected chi connectivity index (χ1v) is 7.48. The van der Waals surface area contributed by atoms with Gasteiger partial charge in [-0.25, -0.2) is 9.59 Å². The standard InChI is InChI=1S/C17H25NO5/c1-16(2,3)23-15(21)18-11-10-12-6-8-13(9-7-12)22-17(4,5)14(19)20/h6-9H,10-11H2,1-5H3,(H,18,21)(H,19,20). The minimum Gasteiger partial charge on any atom is -0.478 e.